The minimum atomic E-state index is -0.219. The summed E-state index contributed by atoms with van der Waals surface area (Å²) in [6.45, 7) is 8.22. The summed E-state index contributed by atoms with van der Waals surface area (Å²) in [5.41, 5.74) is 1.32. The third-order valence-corrected chi connectivity index (χ3v) is 4.65. The van der Waals surface area contributed by atoms with Crippen molar-refractivity contribution in [1.29, 1.82) is 0 Å². The minimum absolute atomic E-state index is 0.219. The van der Waals surface area contributed by atoms with Crippen molar-refractivity contribution >= 4 is 23.0 Å². The van der Waals surface area contributed by atoms with E-state index in [4.69, 9.17) is 12.2 Å². The summed E-state index contributed by atoms with van der Waals surface area (Å²) in [6.07, 6.45) is 3.88. The zero-order valence-corrected chi connectivity index (χ0v) is 14.5. The van der Waals surface area contributed by atoms with Crippen LogP contribution in [0.25, 0.3) is 0 Å². The fourth-order valence-corrected chi connectivity index (χ4v) is 3.18. The number of nitrogens with zero attached hydrogens (tertiary/aromatic N) is 1. The number of anilines is 1. The summed E-state index contributed by atoms with van der Waals surface area (Å²) < 4.78 is 13.5. The molecule has 1 aromatic carbocycles. The van der Waals surface area contributed by atoms with Gasteiger partial charge in [-0.25, -0.2) is 4.39 Å². The number of nitrogens with one attached hydrogen (secondary N) is 2. The molecule has 1 aliphatic heterocycles. The largest absolute Gasteiger partial charge is 0.361 e. The highest BCUT2D eigenvalue weighted by Crippen LogP contribution is 2.18. The lowest BCUT2D eigenvalue weighted by molar-refractivity contribution is 0.116. The maximum absolute atomic E-state index is 13.5. The van der Waals surface area contributed by atoms with Crippen LogP contribution in [-0.4, -0.2) is 35.2 Å². The quantitative estimate of drug-likeness (QED) is 0.827. The van der Waals surface area contributed by atoms with Crippen LogP contribution in [0.3, 0.4) is 0 Å². The average Bonchev–Trinajstić information content (AvgIpc) is 2.49. The highest BCUT2D eigenvalue weighted by atomic mass is 32.1. The molecule has 2 N–H and O–H groups in total. The lowest BCUT2D eigenvalue weighted by atomic mass is 10.0. The van der Waals surface area contributed by atoms with Crippen LogP contribution in [0.1, 0.15) is 38.7 Å². The molecule has 122 valence electrons. The number of aryl methyl sites for hydroxylation is 1. The summed E-state index contributed by atoms with van der Waals surface area (Å²) in [5.74, 6) is -0.219. The van der Waals surface area contributed by atoms with E-state index in [0.29, 0.717) is 28.4 Å². The van der Waals surface area contributed by atoms with Crippen molar-refractivity contribution in [3.05, 3.63) is 29.6 Å². The van der Waals surface area contributed by atoms with Gasteiger partial charge in [0.25, 0.3) is 0 Å². The lowest BCUT2D eigenvalue weighted by Gasteiger charge is -2.38. The molecule has 0 aromatic heterocycles. The van der Waals surface area contributed by atoms with Crippen LogP contribution in [0, 0.1) is 12.7 Å². The van der Waals surface area contributed by atoms with Gasteiger partial charge in [0.05, 0.1) is 0 Å². The topological polar surface area (TPSA) is 27.3 Å². The molecule has 0 aliphatic carbocycles. The molecule has 5 heteroatoms. The predicted octanol–water partition coefficient (Wildman–Crippen LogP) is 3.68. The SMILES string of the molecule is Cc1ccc(NC(=S)NCC(C)N2CCCCC2C)cc1F. The van der Waals surface area contributed by atoms with Gasteiger partial charge in [0.15, 0.2) is 5.11 Å². The molecule has 2 atom stereocenters. The van der Waals surface area contributed by atoms with Gasteiger partial charge in [0, 0.05) is 24.3 Å². The number of benzene rings is 1. The Morgan fingerprint density at radius 1 is 1.45 bits per heavy atom. The van der Waals surface area contributed by atoms with Gasteiger partial charge < -0.3 is 10.6 Å². The van der Waals surface area contributed by atoms with Crippen LogP contribution >= 0.6 is 12.2 Å². The molecule has 0 saturated carbocycles. The van der Waals surface area contributed by atoms with Crippen molar-refractivity contribution in [2.45, 2.75) is 52.1 Å². The van der Waals surface area contributed by atoms with Crippen molar-refractivity contribution in [1.82, 2.24) is 10.2 Å². The van der Waals surface area contributed by atoms with E-state index in [1.807, 2.05) is 6.07 Å². The Balaban J connectivity index is 1.80. The van der Waals surface area contributed by atoms with Gasteiger partial charge >= 0.3 is 0 Å². The predicted molar refractivity (Wildman–Crippen MR) is 94.8 cm³/mol. The van der Waals surface area contributed by atoms with Crippen LogP contribution in [-0.2, 0) is 0 Å². The van der Waals surface area contributed by atoms with Crippen LogP contribution < -0.4 is 10.6 Å². The van der Waals surface area contributed by atoms with E-state index in [2.05, 4.69) is 29.4 Å². The Morgan fingerprint density at radius 2 is 2.23 bits per heavy atom. The number of hydrogen-bond donors (Lipinski definition) is 2. The normalized spacial score (nSPS) is 20.5. The number of halogens is 1. The Bertz CT molecular complexity index is 521. The monoisotopic (exact) mass is 323 g/mol. The van der Waals surface area contributed by atoms with Gasteiger partial charge in [-0.3, -0.25) is 4.90 Å². The van der Waals surface area contributed by atoms with Crippen LogP contribution in [0.5, 0.6) is 0 Å². The molecule has 3 nitrogen and oxygen atoms in total. The van der Waals surface area contributed by atoms with Gasteiger partial charge in [-0.15, -0.1) is 0 Å². The molecule has 1 fully saturated rings. The van der Waals surface area contributed by atoms with Crippen molar-refractivity contribution in [3.8, 4) is 0 Å². The zero-order chi connectivity index (χ0) is 16.1. The lowest BCUT2D eigenvalue weighted by Crippen LogP contribution is -2.48. The summed E-state index contributed by atoms with van der Waals surface area (Å²) in [7, 11) is 0. The third-order valence-electron chi connectivity index (χ3n) is 4.41. The first kappa shape index (κ1) is 17.2. The number of thiocarbonyl (C=S) groups is 1. The van der Waals surface area contributed by atoms with E-state index >= 15 is 0 Å². The molecule has 22 heavy (non-hydrogen) atoms. The molecule has 1 saturated heterocycles. The maximum atomic E-state index is 13.5. The number of piperidine rings is 1. The second-order valence-electron chi connectivity index (χ2n) is 6.23. The Kier molecular flexibility index (Phi) is 6.15. The molecule has 1 aromatic rings. The Hall–Kier alpha value is -1.20. The average molecular weight is 323 g/mol. The summed E-state index contributed by atoms with van der Waals surface area (Å²) in [6, 6.07) is 6.13. The van der Waals surface area contributed by atoms with E-state index in [0.717, 1.165) is 13.1 Å². The zero-order valence-electron chi connectivity index (χ0n) is 13.7. The Morgan fingerprint density at radius 3 is 2.91 bits per heavy atom. The van der Waals surface area contributed by atoms with E-state index in [1.54, 1.807) is 13.0 Å². The fraction of sp³-hybridized carbons (Fsp3) is 0.588. The van der Waals surface area contributed by atoms with E-state index in [1.165, 1.54) is 25.3 Å². The van der Waals surface area contributed by atoms with E-state index in [9.17, 15) is 4.39 Å². The molecule has 0 bridgehead atoms. The van der Waals surface area contributed by atoms with E-state index < -0.39 is 0 Å². The minimum Gasteiger partial charge on any atom is -0.361 e. The van der Waals surface area contributed by atoms with E-state index in [-0.39, 0.29) is 5.82 Å². The van der Waals surface area contributed by atoms with Gasteiger partial charge in [0.2, 0.25) is 0 Å². The first-order valence-electron chi connectivity index (χ1n) is 8.04. The van der Waals surface area contributed by atoms with Crippen LogP contribution in [0.15, 0.2) is 18.2 Å². The number of likely N-dealkylation sites (tertiary alicyclic amines) is 1. The summed E-state index contributed by atoms with van der Waals surface area (Å²) in [4.78, 5) is 2.53. The molecule has 2 rings (SSSR count). The highest BCUT2D eigenvalue weighted by molar-refractivity contribution is 7.80. The standard InChI is InChI=1S/C17H26FN3S/c1-12-7-8-15(10-16(12)18)20-17(22)19-11-14(3)21-9-5-4-6-13(21)2/h7-8,10,13-14H,4-6,9,11H2,1-3H3,(H2,19,20,22). The van der Waals surface area contributed by atoms with Gasteiger partial charge in [-0.1, -0.05) is 12.5 Å². The second kappa shape index (κ2) is 7.88. The second-order valence-corrected chi connectivity index (χ2v) is 6.64. The molecule has 0 radical (unpaired) electrons. The molecule has 1 aliphatic rings. The highest BCUT2D eigenvalue weighted by Gasteiger charge is 2.22. The van der Waals surface area contributed by atoms with Crippen LogP contribution in [0.4, 0.5) is 10.1 Å². The maximum Gasteiger partial charge on any atom is 0.170 e. The first-order valence-corrected chi connectivity index (χ1v) is 8.45. The summed E-state index contributed by atoms with van der Waals surface area (Å²) in [5, 5.41) is 6.82. The van der Waals surface area contributed by atoms with Gasteiger partial charge in [-0.2, -0.15) is 0 Å². The molecular formula is C17H26FN3S. The van der Waals surface area contributed by atoms with Crippen molar-refractivity contribution < 1.29 is 4.39 Å². The fourth-order valence-electron chi connectivity index (χ4n) is 2.98. The molecular weight excluding hydrogens is 297 g/mol. The van der Waals surface area contributed by atoms with Crippen LogP contribution in [0.2, 0.25) is 0 Å². The van der Waals surface area contributed by atoms with Gasteiger partial charge in [-0.05, 0) is 70.1 Å². The van der Waals surface area contributed by atoms with Crippen molar-refractivity contribution in [2.75, 3.05) is 18.4 Å². The number of rotatable bonds is 4. The molecule has 1 heterocycles. The smallest absolute Gasteiger partial charge is 0.170 e. The van der Waals surface area contributed by atoms with Gasteiger partial charge in [0.1, 0.15) is 5.82 Å². The molecule has 0 spiro atoms. The molecule has 0 amide bonds. The number of hydrogen-bond acceptors (Lipinski definition) is 2. The summed E-state index contributed by atoms with van der Waals surface area (Å²) >= 11 is 5.30. The Labute approximate surface area is 138 Å². The molecule has 2 unspecified atom stereocenters. The van der Waals surface area contributed by atoms with Crippen molar-refractivity contribution in [3.63, 3.8) is 0 Å². The van der Waals surface area contributed by atoms with Crippen molar-refractivity contribution in [2.24, 2.45) is 0 Å². The first-order chi connectivity index (χ1) is 10.5. The third kappa shape index (κ3) is 4.65.